The molecule has 0 spiro atoms. The molecule has 0 bridgehead atoms. The van der Waals surface area contributed by atoms with Crippen LogP contribution in [0.25, 0.3) is 0 Å². The minimum atomic E-state index is -0.641. The van der Waals surface area contributed by atoms with Crippen molar-refractivity contribution in [1.29, 1.82) is 0 Å². The number of hydrogen-bond donors (Lipinski definition) is 1. The van der Waals surface area contributed by atoms with E-state index in [-0.39, 0.29) is 5.91 Å². The van der Waals surface area contributed by atoms with E-state index in [9.17, 15) is 4.79 Å². The predicted octanol–water partition coefficient (Wildman–Crippen LogP) is 1.47. The second-order valence-corrected chi connectivity index (χ2v) is 5.39. The van der Waals surface area contributed by atoms with Crippen LogP contribution in [0.5, 0.6) is 11.5 Å². The van der Waals surface area contributed by atoms with Crippen LogP contribution in [-0.4, -0.2) is 46.4 Å². The fourth-order valence-corrected chi connectivity index (χ4v) is 2.52. The van der Waals surface area contributed by atoms with Crippen LogP contribution in [0, 0.1) is 0 Å². The Morgan fingerprint density at radius 2 is 1.85 bits per heavy atom. The molecule has 0 saturated carbocycles. The smallest absolute Gasteiger partial charge is 0.249 e. The molecule has 2 aromatic carbocycles. The molecule has 0 aliphatic heterocycles. The van der Waals surface area contributed by atoms with Gasteiger partial charge in [-0.05, 0) is 28.1 Å². The summed E-state index contributed by atoms with van der Waals surface area (Å²) in [5.41, 5.74) is 0.794. The van der Waals surface area contributed by atoms with E-state index in [1.165, 1.54) is 11.0 Å². The van der Waals surface area contributed by atoms with E-state index < -0.39 is 6.04 Å². The quantitative estimate of drug-likeness (QED) is 0.617. The molecule has 1 amide bonds. The molecular weight excluding hydrogens is 334 g/mol. The molecule has 0 aliphatic carbocycles. The Labute approximate surface area is 150 Å². The molecule has 26 heavy (non-hydrogen) atoms. The van der Waals surface area contributed by atoms with Gasteiger partial charge in [0.1, 0.15) is 12.9 Å². The first-order valence-corrected chi connectivity index (χ1v) is 8.10. The van der Waals surface area contributed by atoms with E-state index in [2.05, 4.69) is 20.8 Å². The molecule has 8 nitrogen and oxygen atoms in total. The van der Waals surface area contributed by atoms with Crippen LogP contribution in [0.4, 0.5) is 0 Å². The molecule has 0 saturated heterocycles. The number of carbonyl (C=O) groups is 1. The van der Waals surface area contributed by atoms with Crippen LogP contribution in [0.15, 0.2) is 60.9 Å². The van der Waals surface area contributed by atoms with Crippen molar-refractivity contribution >= 4 is 5.91 Å². The number of hydrogen-bond acceptors (Lipinski definition) is 6. The van der Waals surface area contributed by atoms with Crippen molar-refractivity contribution in [3.05, 3.63) is 66.5 Å². The Kier molecular flexibility index (Phi) is 5.76. The number of ether oxygens (including phenoxy) is 2. The highest BCUT2D eigenvalue weighted by Crippen LogP contribution is 2.25. The van der Waals surface area contributed by atoms with Crippen molar-refractivity contribution in [2.45, 2.75) is 6.04 Å². The monoisotopic (exact) mass is 353 g/mol. The topological polar surface area (TPSA) is 91.2 Å². The van der Waals surface area contributed by atoms with Crippen molar-refractivity contribution in [1.82, 2.24) is 25.5 Å². The van der Waals surface area contributed by atoms with Crippen LogP contribution in [0.1, 0.15) is 11.6 Å². The van der Waals surface area contributed by atoms with Gasteiger partial charge in [0.25, 0.3) is 0 Å². The maximum absolute atomic E-state index is 12.7. The minimum Gasteiger partial charge on any atom is -0.493 e. The molecular formula is C18H19N5O3. The standard InChI is InChI=1S/C18H19N5O3/c1-25-15-9-5-6-10-16(15)26-12-11-19-18(24)17(23-13-20-21-22-23)14-7-3-2-4-8-14/h2-10,13,17H,11-12H2,1H3,(H,19,24)/t17-/m1/s1. The van der Waals surface area contributed by atoms with Gasteiger partial charge in [0.2, 0.25) is 5.91 Å². The van der Waals surface area contributed by atoms with Crippen LogP contribution < -0.4 is 14.8 Å². The van der Waals surface area contributed by atoms with Gasteiger partial charge in [-0.3, -0.25) is 4.79 Å². The molecule has 8 heteroatoms. The number of carbonyl (C=O) groups excluding carboxylic acids is 1. The van der Waals surface area contributed by atoms with Crippen molar-refractivity contribution < 1.29 is 14.3 Å². The van der Waals surface area contributed by atoms with E-state index in [0.29, 0.717) is 24.7 Å². The summed E-state index contributed by atoms with van der Waals surface area (Å²) >= 11 is 0. The molecule has 1 N–H and O–H groups in total. The first-order valence-electron chi connectivity index (χ1n) is 8.10. The highest BCUT2D eigenvalue weighted by atomic mass is 16.5. The summed E-state index contributed by atoms with van der Waals surface area (Å²) in [6.07, 6.45) is 1.42. The van der Waals surface area contributed by atoms with Crippen molar-refractivity contribution in [3.63, 3.8) is 0 Å². The number of methoxy groups -OCH3 is 1. The highest BCUT2D eigenvalue weighted by Gasteiger charge is 2.23. The SMILES string of the molecule is COc1ccccc1OCCNC(=O)[C@@H](c1ccccc1)n1cnnn1. The molecule has 1 atom stereocenters. The summed E-state index contributed by atoms with van der Waals surface area (Å²) in [5.74, 6) is 1.06. The number of rotatable bonds is 8. The first-order chi connectivity index (χ1) is 12.8. The predicted molar refractivity (Wildman–Crippen MR) is 93.9 cm³/mol. The zero-order chi connectivity index (χ0) is 18.2. The number of amides is 1. The molecule has 0 aliphatic rings. The van der Waals surface area contributed by atoms with Gasteiger partial charge in [0.15, 0.2) is 17.5 Å². The van der Waals surface area contributed by atoms with Gasteiger partial charge in [-0.2, -0.15) is 0 Å². The molecule has 1 aromatic heterocycles. The lowest BCUT2D eigenvalue weighted by Gasteiger charge is -2.17. The summed E-state index contributed by atoms with van der Waals surface area (Å²) in [4.78, 5) is 12.7. The average Bonchev–Trinajstić information content (AvgIpc) is 3.21. The Bertz CT molecular complexity index is 824. The number of nitrogens with zero attached hydrogens (tertiary/aromatic N) is 4. The Morgan fingerprint density at radius 3 is 2.54 bits per heavy atom. The molecule has 3 rings (SSSR count). The summed E-state index contributed by atoms with van der Waals surface area (Å²) in [7, 11) is 1.58. The minimum absolute atomic E-state index is 0.216. The fourth-order valence-electron chi connectivity index (χ4n) is 2.52. The van der Waals surface area contributed by atoms with Crippen LogP contribution in [0.2, 0.25) is 0 Å². The summed E-state index contributed by atoms with van der Waals surface area (Å²) in [6, 6.07) is 16.1. The lowest BCUT2D eigenvalue weighted by molar-refractivity contribution is -0.123. The second-order valence-electron chi connectivity index (χ2n) is 5.39. The van der Waals surface area contributed by atoms with E-state index in [4.69, 9.17) is 9.47 Å². The Balaban J connectivity index is 1.60. The van der Waals surface area contributed by atoms with Gasteiger partial charge in [-0.1, -0.05) is 42.5 Å². The molecule has 1 heterocycles. The summed E-state index contributed by atoms with van der Waals surface area (Å²) in [6.45, 7) is 0.644. The third-order valence-corrected chi connectivity index (χ3v) is 3.72. The Morgan fingerprint density at radius 1 is 1.12 bits per heavy atom. The zero-order valence-electron chi connectivity index (χ0n) is 14.3. The fraction of sp³-hybridized carbons (Fsp3) is 0.222. The lowest BCUT2D eigenvalue weighted by atomic mass is 10.1. The molecule has 134 valence electrons. The van der Waals surface area contributed by atoms with E-state index in [0.717, 1.165) is 5.56 Å². The van der Waals surface area contributed by atoms with E-state index in [1.807, 2.05) is 54.6 Å². The van der Waals surface area contributed by atoms with Crippen LogP contribution >= 0.6 is 0 Å². The van der Waals surface area contributed by atoms with Gasteiger partial charge in [-0.25, -0.2) is 4.68 Å². The molecule has 0 unspecified atom stereocenters. The third kappa shape index (κ3) is 4.15. The molecule has 3 aromatic rings. The van der Waals surface area contributed by atoms with E-state index in [1.54, 1.807) is 7.11 Å². The van der Waals surface area contributed by atoms with Crippen molar-refractivity contribution in [2.75, 3.05) is 20.3 Å². The number of aromatic nitrogens is 4. The number of tetrazole rings is 1. The first kappa shape index (κ1) is 17.4. The molecule has 0 radical (unpaired) electrons. The highest BCUT2D eigenvalue weighted by molar-refractivity contribution is 5.83. The average molecular weight is 353 g/mol. The lowest BCUT2D eigenvalue weighted by Crippen LogP contribution is -2.36. The number of nitrogens with one attached hydrogen (secondary N) is 1. The van der Waals surface area contributed by atoms with Gasteiger partial charge >= 0.3 is 0 Å². The van der Waals surface area contributed by atoms with Crippen molar-refractivity contribution in [3.8, 4) is 11.5 Å². The maximum Gasteiger partial charge on any atom is 0.249 e. The van der Waals surface area contributed by atoms with Crippen molar-refractivity contribution in [2.24, 2.45) is 0 Å². The van der Waals surface area contributed by atoms with Gasteiger partial charge in [0.05, 0.1) is 13.7 Å². The Hall–Kier alpha value is -3.42. The van der Waals surface area contributed by atoms with E-state index >= 15 is 0 Å². The van der Waals surface area contributed by atoms with Gasteiger partial charge in [-0.15, -0.1) is 5.10 Å². The largest absolute Gasteiger partial charge is 0.493 e. The van der Waals surface area contributed by atoms with Crippen LogP contribution in [0.3, 0.4) is 0 Å². The maximum atomic E-state index is 12.7. The normalized spacial score (nSPS) is 11.6. The number of para-hydroxylation sites is 2. The van der Waals surface area contributed by atoms with Gasteiger partial charge in [0, 0.05) is 0 Å². The summed E-state index contributed by atoms with van der Waals surface area (Å²) < 4.78 is 12.3. The van der Waals surface area contributed by atoms with Gasteiger partial charge < -0.3 is 14.8 Å². The number of benzene rings is 2. The zero-order valence-corrected chi connectivity index (χ0v) is 14.3. The summed E-state index contributed by atoms with van der Waals surface area (Å²) in [5, 5.41) is 14.0. The molecule has 0 fully saturated rings. The van der Waals surface area contributed by atoms with Crippen LogP contribution in [-0.2, 0) is 4.79 Å². The second kappa shape index (κ2) is 8.61. The third-order valence-electron chi connectivity index (χ3n) is 3.72.